The van der Waals surface area contributed by atoms with E-state index in [1.807, 2.05) is 30.3 Å². The van der Waals surface area contributed by atoms with Gasteiger partial charge in [-0.3, -0.25) is 4.79 Å². The van der Waals surface area contributed by atoms with Crippen molar-refractivity contribution in [1.82, 2.24) is 5.32 Å². The van der Waals surface area contributed by atoms with Crippen LogP contribution in [-0.2, 0) is 23.5 Å². The first kappa shape index (κ1) is 16.1. The average molecular weight is 310 g/mol. The van der Waals surface area contributed by atoms with E-state index in [-0.39, 0.29) is 5.91 Å². The molecule has 0 saturated carbocycles. The van der Waals surface area contributed by atoms with Crippen LogP contribution in [0, 0.1) is 11.3 Å². The zero-order chi connectivity index (χ0) is 15.8. The van der Waals surface area contributed by atoms with Crippen molar-refractivity contribution in [2.45, 2.75) is 18.7 Å². The molecule has 0 aliphatic rings. The molecule has 0 aliphatic carbocycles. The lowest BCUT2D eigenvalue weighted by Crippen LogP contribution is -2.24. The van der Waals surface area contributed by atoms with Gasteiger partial charge < -0.3 is 5.32 Å². The van der Waals surface area contributed by atoms with Crippen LogP contribution in [0.5, 0.6) is 0 Å². The summed E-state index contributed by atoms with van der Waals surface area (Å²) in [5.41, 5.74) is 3.91. The Labute approximate surface area is 135 Å². The summed E-state index contributed by atoms with van der Waals surface area (Å²) in [5.74, 6) is 0.928. The number of nitriles is 1. The first-order valence-corrected chi connectivity index (χ1v) is 8.43. The zero-order valence-corrected chi connectivity index (χ0v) is 13.3. The largest absolute Gasteiger partial charge is 0.352 e. The molecule has 0 atom stereocenters. The molecule has 0 unspecified atom stereocenters. The molecule has 0 aromatic heterocycles. The molecule has 0 aliphatic heterocycles. The Morgan fingerprint density at radius 3 is 2.45 bits per heavy atom. The van der Waals surface area contributed by atoms with Crippen LogP contribution in [0.15, 0.2) is 48.5 Å². The summed E-state index contributed by atoms with van der Waals surface area (Å²) in [6.45, 7) is 0.481. The molecule has 22 heavy (non-hydrogen) atoms. The molecule has 0 radical (unpaired) electrons. The van der Waals surface area contributed by atoms with Crippen molar-refractivity contribution in [2.75, 3.05) is 6.26 Å². The van der Waals surface area contributed by atoms with E-state index in [1.165, 1.54) is 5.56 Å². The number of carbonyl (C=O) groups excluding carboxylic acids is 1. The predicted octanol–water partition coefficient (Wildman–Crippen LogP) is 3.28. The van der Waals surface area contributed by atoms with Gasteiger partial charge in [0.05, 0.1) is 18.1 Å². The van der Waals surface area contributed by atoms with Gasteiger partial charge in [-0.1, -0.05) is 36.4 Å². The van der Waals surface area contributed by atoms with E-state index in [9.17, 15) is 4.79 Å². The van der Waals surface area contributed by atoms with Gasteiger partial charge in [0.25, 0.3) is 0 Å². The average Bonchev–Trinajstić information content (AvgIpc) is 2.55. The fraction of sp³-hybridized carbons (Fsp3) is 0.222. The van der Waals surface area contributed by atoms with Gasteiger partial charge in [-0.2, -0.15) is 17.0 Å². The van der Waals surface area contributed by atoms with Crippen molar-refractivity contribution in [3.8, 4) is 6.07 Å². The number of benzene rings is 2. The Morgan fingerprint density at radius 2 is 1.82 bits per heavy atom. The molecule has 0 spiro atoms. The van der Waals surface area contributed by atoms with Crippen LogP contribution in [-0.4, -0.2) is 12.2 Å². The number of nitrogens with zero attached hydrogens (tertiary/aromatic N) is 1. The maximum Gasteiger partial charge on any atom is 0.224 e. The van der Waals surface area contributed by atoms with Gasteiger partial charge >= 0.3 is 0 Å². The second-order valence-electron chi connectivity index (χ2n) is 4.96. The summed E-state index contributed by atoms with van der Waals surface area (Å²) in [7, 11) is 0. The lowest BCUT2D eigenvalue weighted by atomic mass is 10.1. The lowest BCUT2D eigenvalue weighted by Gasteiger charge is -2.09. The van der Waals surface area contributed by atoms with Gasteiger partial charge in [-0.15, -0.1) is 0 Å². The number of thioether (sulfide) groups is 1. The smallest absolute Gasteiger partial charge is 0.224 e. The molecule has 0 bridgehead atoms. The second-order valence-corrected chi connectivity index (χ2v) is 5.83. The summed E-state index contributed by atoms with van der Waals surface area (Å²) in [5, 5.41) is 11.7. The van der Waals surface area contributed by atoms with E-state index in [4.69, 9.17) is 5.26 Å². The summed E-state index contributed by atoms with van der Waals surface area (Å²) in [6, 6.07) is 17.4. The highest BCUT2D eigenvalue weighted by atomic mass is 32.2. The number of carbonyl (C=O) groups is 1. The molecular weight excluding hydrogens is 292 g/mol. The number of rotatable bonds is 6. The van der Waals surface area contributed by atoms with Gasteiger partial charge in [0, 0.05) is 12.3 Å². The van der Waals surface area contributed by atoms with Crippen LogP contribution in [0.3, 0.4) is 0 Å². The van der Waals surface area contributed by atoms with E-state index >= 15 is 0 Å². The third kappa shape index (κ3) is 4.64. The Morgan fingerprint density at radius 1 is 1.14 bits per heavy atom. The Balaban J connectivity index is 1.91. The van der Waals surface area contributed by atoms with Crippen molar-refractivity contribution in [1.29, 1.82) is 5.26 Å². The molecule has 1 amide bonds. The third-order valence-corrected chi connectivity index (χ3v) is 3.94. The zero-order valence-electron chi connectivity index (χ0n) is 12.5. The minimum atomic E-state index is 0.0120. The molecule has 112 valence electrons. The Kier molecular flexibility index (Phi) is 6.05. The number of amides is 1. The molecular formula is C18H18N2OS. The highest BCUT2D eigenvalue weighted by Gasteiger charge is 2.07. The first-order chi connectivity index (χ1) is 10.7. The summed E-state index contributed by atoms with van der Waals surface area (Å²) < 4.78 is 0. The molecule has 2 aromatic carbocycles. The van der Waals surface area contributed by atoms with Crippen molar-refractivity contribution in [3.05, 3.63) is 70.8 Å². The third-order valence-electron chi connectivity index (χ3n) is 3.34. The summed E-state index contributed by atoms with van der Waals surface area (Å²) >= 11 is 1.75. The molecule has 0 saturated heterocycles. The van der Waals surface area contributed by atoms with Gasteiger partial charge in [0.2, 0.25) is 5.91 Å². The SMILES string of the molecule is CSCc1ccccc1CC(=O)NCc1ccc(C#N)cc1. The molecule has 3 nitrogen and oxygen atoms in total. The van der Waals surface area contributed by atoms with Gasteiger partial charge in [0.15, 0.2) is 0 Å². The van der Waals surface area contributed by atoms with Crippen molar-refractivity contribution >= 4 is 17.7 Å². The fourth-order valence-electron chi connectivity index (χ4n) is 2.16. The molecule has 0 heterocycles. The molecule has 2 rings (SSSR count). The Hall–Kier alpha value is -2.25. The van der Waals surface area contributed by atoms with Crippen LogP contribution in [0.4, 0.5) is 0 Å². The summed E-state index contributed by atoms with van der Waals surface area (Å²) in [6.07, 6.45) is 2.45. The van der Waals surface area contributed by atoms with E-state index in [0.29, 0.717) is 18.5 Å². The number of nitrogens with one attached hydrogen (secondary N) is 1. The standard InChI is InChI=1S/C18H18N2OS/c1-22-13-17-5-3-2-4-16(17)10-18(21)20-12-15-8-6-14(11-19)7-9-15/h2-9H,10,12-13H2,1H3,(H,20,21). The van der Waals surface area contributed by atoms with E-state index < -0.39 is 0 Å². The fourth-order valence-corrected chi connectivity index (χ4v) is 2.75. The maximum absolute atomic E-state index is 12.1. The monoisotopic (exact) mass is 310 g/mol. The Bertz CT molecular complexity index is 674. The minimum absolute atomic E-state index is 0.0120. The summed E-state index contributed by atoms with van der Waals surface area (Å²) in [4.78, 5) is 12.1. The normalized spacial score (nSPS) is 10.0. The van der Waals surface area contributed by atoms with E-state index in [0.717, 1.165) is 16.9 Å². The molecule has 2 aromatic rings. The van der Waals surface area contributed by atoms with Crippen molar-refractivity contribution in [2.24, 2.45) is 0 Å². The van der Waals surface area contributed by atoms with Gasteiger partial charge in [0.1, 0.15) is 0 Å². The van der Waals surface area contributed by atoms with E-state index in [2.05, 4.69) is 23.7 Å². The van der Waals surface area contributed by atoms with Crippen LogP contribution in [0.25, 0.3) is 0 Å². The molecule has 4 heteroatoms. The molecule has 0 fully saturated rings. The first-order valence-electron chi connectivity index (χ1n) is 7.04. The molecule has 1 N–H and O–H groups in total. The van der Waals surface area contributed by atoms with Crippen LogP contribution in [0.2, 0.25) is 0 Å². The quantitative estimate of drug-likeness (QED) is 0.891. The minimum Gasteiger partial charge on any atom is -0.352 e. The van der Waals surface area contributed by atoms with E-state index in [1.54, 1.807) is 23.9 Å². The topological polar surface area (TPSA) is 52.9 Å². The van der Waals surface area contributed by atoms with Gasteiger partial charge in [-0.25, -0.2) is 0 Å². The van der Waals surface area contributed by atoms with Crippen LogP contribution in [0.1, 0.15) is 22.3 Å². The van der Waals surface area contributed by atoms with Crippen LogP contribution >= 0.6 is 11.8 Å². The number of hydrogen-bond donors (Lipinski definition) is 1. The van der Waals surface area contributed by atoms with Crippen molar-refractivity contribution < 1.29 is 4.79 Å². The van der Waals surface area contributed by atoms with Crippen molar-refractivity contribution in [3.63, 3.8) is 0 Å². The second kappa shape index (κ2) is 8.26. The highest BCUT2D eigenvalue weighted by Crippen LogP contribution is 2.15. The number of hydrogen-bond acceptors (Lipinski definition) is 3. The van der Waals surface area contributed by atoms with Crippen LogP contribution < -0.4 is 5.32 Å². The van der Waals surface area contributed by atoms with Gasteiger partial charge in [-0.05, 0) is 35.1 Å². The highest BCUT2D eigenvalue weighted by molar-refractivity contribution is 7.97. The predicted molar refractivity (Wildman–Crippen MR) is 90.4 cm³/mol. The maximum atomic E-state index is 12.1. The lowest BCUT2D eigenvalue weighted by molar-refractivity contribution is -0.120.